The number of aryl methyl sites for hydroxylation is 1. The normalized spacial score (nSPS) is 12.2. The van der Waals surface area contributed by atoms with E-state index in [-0.39, 0.29) is 17.8 Å². The van der Waals surface area contributed by atoms with Gasteiger partial charge in [0.15, 0.2) is 0 Å². The fourth-order valence-corrected chi connectivity index (χ4v) is 2.38. The first-order valence-corrected chi connectivity index (χ1v) is 7.00. The van der Waals surface area contributed by atoms with Crippen LogP contribution in [0.3, 0.4) is 0 Å². The van der Waals surface area contributed by atoms with E-state index in [0.29, 0.717) is 5.02 Å². The van der Waals surface area contributed by atoms with Gasteiger partial charge in [-0.2, -0.15) is 0 Å². The Morgan fingerprint density at radius 3 is 2.55 bits per heavy atom. The summed E-state index contributed by atoms with van der Waals surface area (Å²) in [5.74, 6) is 0.549. The average Bonchev–Trinajstić information content (AvgIpc) is 2.86. The second-order valence-electron chi connectivity index (χ2n) is 4.49. The van der Waals surface area contributed by atoms with Gasteiger partial charge in [-0.15, -0.1) is 11.6 Å². The SMILES string of the molecule is CN(C(=O)CCl)C(c1ccc(Cl)cc1)c1nccn1C. The molecule has 0 aliphatic carbocycles. The van der Waals surface area contributed by atoms with Gasteiger partial charge in [0.25, 0.3) is 0 Å². The van der Waals surface area contributed by atoms with Crippen molar-refractivity contribution in [3.8, 4) is 0 Å². The Labute approximate surface area is 127 Å². The van der Waals surface area contributed by atoms with E-state index in [2.05, 4.69) is 4.98 Å². The number of nitrogens with zero attached hydrogens (tertiary/aromatic N) is 3. The molecule has 0 bridgehead atoms. The lowest BCUT2D eigenvalue weighted by molar-refractivity contribution is -0.128. The highest BCUT2D eigenvalue weighted by atomic mass is 35.5. The van der Waals surface area contributed by atoms with Gasteiger partial charge in [0, 0.05) is 31.5 Å². The van der Waals surface area contributed by atoms with E-state index in [4.69, 9.17) is 23.2 Å². The minimum absolute atomic E-state index is 0.0645. The summed E-state index contributed by atoms with van der Waals surface area (Å²) < 4.78 is 1.89. The van der Waals surface area contributed by atoms with Crippen LogP contribution in [-0.2, 0) is 11.8 Å². The predicted molar refractivity (Wildman–Crippen MR) is 80.0 cm³/mol. The van der Waals surface area contributed by atoms with Gasteiger partial charge in [-0.1, -0.05) is 23.7 Å². The van der Waals surface area contributed by atoms with Crippen LogP contribution in [0.1, 0.15) is 17.4 Å². The lowest BCUT2D eigenvalue weighted by Crippen LogP contribution is -2.34. The highest BCUT2D eigenvalue weighted by Crippen LogP contribution is 2.27. The zero-order valence-electron chi connectivity index (χ0n) is 11.3. The second kappa shape index (κ2) is 6.29. The molecule has 20 heavy (non-hydrogen) atoms. The number of rotatable bonds is 4. The van der Waals surface area contributed by atoms with Gasteiger partial charge in [-0.05, 0) is 17.7 Å². The standard InChI is InChI=1S/C14H15Cl2N3O/c1-18-8-7-17-14(18)13(19(2)12(20)9-15)10-3-5-11(16)6-4-10/h3-8,13H,9H2,1-2H3. The highest BCUT2D eigenvalue weighted by Gasteiger charge is 2.26. The molecule has 1 aromatic carbocycles. The number of benzene rings is 1. The summed E-state index contributed by atoms with van der Waals surface area (Å²) in [5.41, 5.74) is 0.935. The van der Waals surface area contributed by atoms with Gasteiger partial charge >= 0.3 is 0 Å². The van der Waals surface area contributed by atoms with E-state index in [1.54, 1.807) is 30.3 Å². The average molecular weight is 312 g/mol. The fraction of sp³-hybridized carbons (Fsp3) is 0.286. The maximum Gasteiger partial charge on any atom is 0.238 e. The lowest BCUT2D eigenvalue weighted by Gasteiger charge is -2.27. The minimum Gasteiger partial charge on any atom is -0.336 e. The first-order valence-electron chi connectivity index (χ1n) is 6.09. The van der Waals surface area contributed by atoms with Crippen molar-refractivity contribution < 1.29 is 4.79 Å². The lowest BCUT2D eigenvalue weighted by atomic mass is 10.0. The number of carbonyl (C=O) groups excluding carboxylic acids is 1. The molecule has 1 aromatic heterocycles. The summed E-state index contributed by atoms with van der Waals surface area (Å²) in [6, 6.07) is 7.08. The van der Waals surface area contributed by atoms with Crippen molar-refractivity contribution in [3.63, 3.8) is 0 Å². The number of aromatic nitrogens is 2. The molecule has 1 atom stereocenters. The summed E-state index contributed by atoms with van der Waals surface area (Å²) >= 11 is 11.6. The van der Waals surface area contributed by atoms with Crippen LogP contribution < -0.4 is 0 Å². The molecule has 0 saturated carbocycles. The number of hydrogen-bond donors (Lipinski definition) is 0. The number of carbonyl (C=O) groups is 1. The molecule has 0 aliphatic rings. The van der Waals surface area contributed by atoms with Crippen molar-refractivity contribution in [1.29, 1.82) is 0 Å². The molecule has 1 unspecified atom stereocenters. The number of imidazole rings is 1. The fourth-order valence-electron chi connectivity index (χ4n) is 2.07. The Balaban J connectivity index is 2.47. The third kappa shape index (κ3) is 2.97. The Kier molecular flexibility index (Phi) is 4.68. The molecule has 0 aliphatic heterocycles. The van der Waals surface area contributed by atoms with Crippen molar-refractivity contribution in [2.45, 2.75) is 6.04 Å². The maximum absolute atomic E-state index is 11.9. The van der Waals surface area contributed by atoms with Gasteiger partial charge in [-0.3, -0.25) is 4.79 Å². The van der Waals surface area contributed by atoms with Gasteiger partial charge in [0.05, 0.1) is 0 Å². The van der Waals surface area contributed by atoms with Crippen molar-refractivity contribution in [2.24, 2.45) is 7.05 Å². The van der Waals surface area contributed by atoms with Gasteiger partial charge < -0.3 is 9.47 Å². The molecule has 2 aromatic rings. The molecular weight excluding hydrogens is 297 g/mol. The Morgan fingerprint density at radius 2 is 2.05 bits per heavy atom. The first kappa shape index (κ1) is 14.9. The van der Waals surface area contributed by atoms with E-state index in [1.165, 1.54) is 0 Å². The van der Waals surface area contributed by atoms with E-state index in [9.17, 15) is 4.79 Å². The van der Waals surface area contributed by atoms with Gasteiger partial charge in [-0.25, -0.2) is 4.98 Å². The molecule has 0 radical (unpaired) electrons. The monoisotopic (exact) mass is 311 g/mol. The van der Waals surface area contributed by atoms with Crippen LogP contribution in [0.2, 0.25) is 5.02 Å². The van der Waals surface area contributed by atoms with Crippen LogP contribution in [-0.4, -0.2) is 33.3 Å². The number of halogens is 2. The zero-order valence-corrected chi connectivity index (χ0v) is 12.8. The largest absolute Gasteiger partial charge is 0.336 e. The van der Waals surface area contributed by atoms with E-state index >= 15 is 0 Å². The number of alkyl halides is 1. The van der Waals surface area contributed by atoms with E-state index in [1.807, 2.05) is 29.9 Å². The van der Waals surface area contributed by atoms with Crippen molar-refractivity contribution >= 4 is 29.1 Å². The number of amides is 1. The molecule has 6 heteroatoms. The smallest absolute Gasteiger partial charge is 0.238 e. The summed E-state index contributed by atoms with van der Waals surface area (Å²) in [7, 11) is 3.61. The van der Waals surface area contributed by atoms with Crippen molar-refractivity contribution in [1.82, 2.24) is 14.5 Å². The molecule has 0 N–H and O–H groups in total. The van der Waals surface area contributed by atoms with Crippen LogP contribution in [0.5, 0.6) is 0 Å². The van der Waals surface area contributed by atoms with E-state index in [0.717, 1.165) is 11.4 Å². The Bertz CT molecular complexity index is 595. The molecule has 0 spiro atoms. The molecule has 106 valence electrons. The topological polar surface area (TPSA) is 38.1 Å². The van der Waals surface area contributed by atoms with Crippen molar-refractivity contribution in [3.05, 3.63) is 53.1 Å². The van der Waals surface area contributed by atoms with Crippen molar-refractivity contribution in [2.75, 3.05) is 12.9 Å². The second-order valence-corrected chi connectivity index (χ2v) is 5.19. The third-order valence-electron chi connectivity index (χ3n) is 3.18. The van der Waals surface area contributed by atoms with Crippen LogP contribution in [0, 0.1) is 0 Å². The van der Waals surface area contributed by atoms with Crippen LogP contribution in [0.4, 0.5) is 0 Å². The van der Waals surface area contributed by atoms with E-state index < -0.39 is 0 Å². The molecule has 4 nitrogen and oxygen atoms in total. The Morgan fingerprint density at radius 1 is 1.40 bits per heavy atom. The number of hydrogen-bond acceptors (Lipinski definition) is 2. The Hall–Kier alpha value is -1.52. The van der Waals surface area contributed by atoms with Crippen LogP contribution in [0.25, 0.3) is 0 Å². The molecular formula is C14H15Cl2N3O. The predicted octanol–water partition coefficient (Wildman–Crippen LogP) is 2.86. The molecule has 1 heterocycles. The van der Waals surface area contributed by atoms with Gasteiger partial charge in [0.1, 0.15) is 17.7 Å². The summed E-state index contributed by atoms with van der Waals surface area (Å²) in [6.45, 7) is 0. The summed E-state index contributed by atoms with van der Waals surface area (Å²) in [5, 5.41) is 0.652. The molecule has 0 fully saturated rings. The minimum atomic E-state index is -0.293. The first-order chi connectivity index (χ1) is 9.54. The maximum atomic E-state index is 11.9. The molecule has 2 rings (SSSR count). The highest BCUT2D eigenvalue weighted by molar-refractivity contribution is 6.30. The summed E-state index contributed by atoms with van der Waals surface area (Å²) in [4.78, 5) is 17.9. The summed E-state index contributed by atoms with van der Waals surface area (Å²) in [6.07, 6.45) is 3.55. The quantitative estimate of drug-likeness (QED) is 0.814. The molecule has 1 amide bonds. The molecule has 0 saturated heterocycles. The third-order valence-corrected chi connectivity index (χ3v) is 3.66. The van der Waals surface area contributed by atoms with Crippen LogP contribution >= 0.6 is 23.2 Å². The van der Waals surface area contributed by atoms with Gasteiger partial charge in [0.2, 0.25) is 5.91 Å². The zero-order chi connectivity index (χ0) is 14.7. The van der Waals surface area contributed by atoms with Crippen LogP contribution in [0.15, 0.2) is 36.7 Å².